The highest BCUT2D eigenvalue weighted by atomic mass is 35.5. The molecule has 0 saturated heterocycles. The molecule has 0 saturated carbocycles. The standard InChI is InChI=1S/C12H10Cl2N2O2S/c13-8-1-4-10(5-2-8)19(17,18)16-12-6-3-9(14)7-11(12)15/h1-7,16H,15H2. The Bertz CT molecular complexity index is 700. The Morgan fingerprint density at radius 1 is 0.947 bits per heavy atom. The minimum absolute atomic E-state index is 0.103. The van der Waals surface area contributed by atoms with Gasteiger partial charge in [-0.1, -0.05) is 23.2 Å². The van der Waals surface area contributed by atoms with Gasteiger partial charge in [0.05, 0.1) is 16.3 Å². The molecule has 0 amide bonds. The van der Waals surface area contributed by atoms with E-state index in [0.29, 0.717) is 10.0 Å². The molecule has 0 aliphatic heterocycles. The van der Waals surface area contributed by atoms with Gasteiger partial charge in [-0.3, -0.25) is 4.72 Å². The van der Waals surface area contributed by atoms with Crippen molar-refractivity contribution in [3.05, 3.63) is 52.5 Å². The summed E-state index contributed by atoms with van der Waals surface area (Å²) in [4.78, 5) is 0.103. The normalized spacial score (nSPS) is 11.3. The van der Waals surface area contributed by atoms with Crippen LogP contribution in [0.25, 0.3) is 0 Å². The van der Waals surface area contributed by atoms with E-state index in [-0.39, 0.29) is 16.3 Å². The summed E-state index contributed by atoms with van der Waals surface area (Å²) in [7, 11) is -3.70. The molecule has 100 valence electrons. The van der Waals surface area contributed by atoms with Crippen LogP contribution in [0.1, 0.15) is 0 Å². The van der Waals surface area contributed by atoms with Gasteiger partial charge in [0.25, 0.3) is 10.0 Å². The minimum Gasteiger partial charge on any atom is -0.397 e. The maximum absolute atomic E-state index is 12.1. The predicted molar refractivity (Wildman–Crippen MR) is 78.1 cm³/mol. The van der Waals surface area contributed by atoms with Crippen molar-refractivity contribution in [1.29, 1.82) is 0 Å². The summed E-state index contributed by atoms with van der Waals surface area (Å²) >= 11 is 11.5. The minimum atomic E-state index is -3.70. The van der Waals surface area contributed by atoms with E-state index in [2.05, 4.69) is 4.72 Å². The lowest BCUT2D eigenvalue weighted by Crippen LogP contribution is -2.14. The number of halogens is 2. The summed E-state index contributed by atoms with van der Waals surface area (Å²) in [5.41, 5.74) is 6.23. The van der Waals surface area contributed by atoms with E-state index in [1.54, 1.807) is 6.07 Å². The van der Waals surface area contributed by atoms with Crippen LogP contribution in [0.4, 0.5) is 11.4 Å². The second-order valence-electron chi connectivity index (χ2n) is 3.79. The van der Waals surface area contributed by atoms with Crippen molar-refractivity contribution in [2.75, 3.05) is 10.5 Å². The number of nitrogen functional groups attached to an aromatic ring is 1. The Kier molecular flexibility index (Phi) is 3.89. The third-order valence-corrected chi connectivity index (χ3v) is 4.25. The Balaban J connectivity index is 2.33. The van der Waals surface area contributed by atoms with Gasteiger partial charge in [0.1, 0.15) is 0 Å². The van der Waals surface area contributed by atoms with Gasteiger partial charge in [0.2, 0.25) is 0 Å². The van der Waals surface area contributed by atoms with E-state index in [0.717, 1.165) is 0 Å². The number of benzene rings is 2. The summed E-state index contributed by atoms with van der Waals surface area (Å²) in [5, 5.41) is 0.900. The summed E-state index contributed by atoms with van der Waals surface area (Å²) in [6.45, 7) is 0. The lowest BCUT2D eigenvalue weighted by molar-refractivity contribution is 0.601. The van der Waals surface area contributed by atoms with Crippen molar-refractivity contribution in [3.8, 4) is 0 Å². The van der Waals surface area contributed by atoms with Crippen LogP contribution >= 0.6 is 23.2 Å². The molecule has 2 aromatic rings. The fourth-order valence-corrected chi connectivity index (χ4v) is 2.84. The van der Waals surface area contributed by atoms with E-state index in [1.807, 2.05) is 0 Å². The maximum Gasteiger partial charge on any atom is 0.261 e. The van der Waals surface area contributed by atoms with Crippen molar-refractivity contribution < 1.29 is 8.42 Å². The fourth-order valence-electron chi connectivity index (χ4n) is 1.44. The molecule has 0 aromatic heterocycles. The molecule has 0 heterocycles. The summed E-state index contributed by atoms with van der Waals surface area (Å²) < 4.78 is 26.6. The van der Waals surface area contributed by atoms with E-state index in [1.165, 1.54) is 36.4 Å². The quantitative estimate of drug-likeness (QED) is 0.853. The van der Waals surface area contributed by atoms with Crippen molar-refractivity contribution >= 4 is 44.6 Å². The highest BCUT2D eigenvalue weighted by molar-refractivity contribution is 7.92. The zero-order chi connectivity index (χ0) is 14.0. The van der Waals surface area contributed by atoms with Gasteiger partial charge in [-0.2, -0.15) is 0 Å². The number of nitrogens with one attached hydrogen (secondary N) is 1. The molecule has 4 nitrogen and oxygen atoms in total. The molecule has 0 bridgehead atoms. The van der Waals surface area contributed by atoms with Crippen molar-refractivity contribution in [3.63, 3.8) is 0 Å². The van der Waals surface area contributed by atoms with Crippen LogP contribution in [0.5, 0.6) is 0 Å². The van der Waals surface area contributed by atoms with E-state index in [4.69, 9.17) is 28.9 Å². The van der Waals surface area contributed by atoms with Crippen molar-refractivity contribution in [1.82, 2.24) is 0 Å². The first-order valence-electron chi connectivity index (χ1n) is 5.22. The molecular formula is C12H10Cl2N2O2S. The first-order chi connectivity index (χ1) is 8.88. The Morgan fingerprint density at radius 3 is 2.11 bits per heavy atom. The summed E-state index contributed by atoms with van der Waals surface area (Å²) in [6, 6.07) is 10.4. The molecule has 0 radical (unpaired) electrons. The molecule has 0 unspecified atom stereocenters. The summed E-state index contributed by atoms with van der Waals surface area (Å²) in [6.07, 6.45) is 0. The van der Waals surface area contributed by atoms with Crippen molar-refractivity contribution in [2.45, 2.75) is 4.90 Å². The van der Waals surface area contributed by atoms with E-state index >= 15 is 0 Å². The molecular weight excluding hydrogens is 307 g/mol. The lowest BCUT2D eigenvalue weighted by Gasteiger charge is -2.10. The number of hydrogen-bond donors (Lipinski definition) is 2. The van der Waals surface area contributed by atoms with Crippen LogP contribution < -0.4 is 10.5 Å². The van der Waals surface area contributed by atoms with Gasteiger partial charge in [0.15, 0.2) is 0 Å². The molecule has 0 aliphatic carbocycles. The molecule has 0 spiro atoms. The van der Waals surface area contributed by atoms with E-state index < -0.39 is 10.0 Å². The van der Waals surface area contributed by atoms with Crippen LogP contribution in [-0.4, -0.2) is 8.42 Å². The lowest BCUT2D eigenvalue weighted by atomic mass is 10.3. The third kappa shape index (κ3) is 3.32. The first-order valence-corrected chi connectivity index (χ1v) is 7.46. The van der Waals surface area contributed by atoms with Gasteiger partial charge in [-0.05, 0) is 42.5 Å². The van der Waals surface area contributed by atoms with Gasteiger partial charge in [-0.15, -0.1) is 0 Å². The Hall–Kier alpha value is -1.43. The second-order valence-corrected chi connectivity index (χ2v) is 6.35. The molecule has 0 atom stereocenters. The molecule has 7 heteroatoms. The van der Waals surface area contributed by atoms with Gasteiger partial charge in [-0.25, -0.2) is 8.42 Å². The van der Waals surface area contributed by atoms with E-state index in [9.17, 15) is 8.42 Å². The highest BCUT2D eigenvalue weighted by Crippen LogP contribution is 2.25. The average molecular weight is 317 g/mol. The predicted octanol–water partition coefficient (Wildman–Crippen LogP) is 3.38. The zero-order valence-corrected chi connectivity index (χ0v) is 11.9. The number of hydrogen-bond acceptors (Lipinski definition) is 3. The Morgan fingerprint density at radius 2 is 1.53 bits per heavy atom. The molecule has 0 aliphatic rings. The number of nitrogens with two attached hydrogens (primary N) is 1. The monoisotopic (exact) mass is 316 g/mol. The molecule has 0 fully saturated rings. The number of sulfonamides is 1. The SMILES string of the molecule is Nc1cc(Cl)ccc1NS(=O)(=O)c1ccc(Cl)cc1. The second kappa shape index (κ2) is 5.28. The molecule has 19 heavy (non-hydrogen) atoms. The topological polar surface area (TPSA) is 72.2 Å². The number of rotatable bonds is 3. The Labute approximate surface area is 121 Å². The van der Waals surface area contributed by atoms with Gasteiger partial charge in [0, 0.05) is 10.0 Å². The fraction of sp³-hybridized carbons (Fsp3) is 0. The average Bonchev–Trinajstić information content (AvgIpc) is 2.33. The van der Waals surface area contributed by atoms with Gasteiger partial charge < -0.3 is 5.73 Å². The van der Waals surface area contributed by atoms with Crippen LogP contribution in [0.3, 0.4) is 0 Å². The van der Waals surface area contributed by atoms with Crippen LogP contribution in [0.2, 0.25) is 10.0 Å². The molecule has 2 aromatic carbocycles. The van der Waals surface area contributed by atoms with Crippen LogP contribution in [0.15, 0.2) is 47.4 Å². The molecule has 2 rings (SSSR count). The molecule has 3 N–H and O–H groups in total. The van der Waals surface area contributed by atoms with Crippen LogP contribution in [0, 0.1) is 0 Å². The highest BCUT2D eigenvalue weighted by Gasteiger charge is 2.15. The van der Waals surface area contributed by atoms with Gasteiger partial charge >= 0.3 is 0 Å². The van der Waals surface area contributed by atoms with Crippen molar-refractivity contribution in [2.24, 2.45) is 0 Å². The third-order valence-electron chi connectivity index (χ3n) is 2.38. The summed E-state index contributed by atoms with van der Waals surface area (Å²) in [5.74, 6) is 0. The largest absolute Gasteiger partial charge is 0.397 e. The zero-order valence-electron chi connectivity index (χ0n) is 9.60. The number of anilines is 2. The smallest absolute Gasteiger partial charge is 0.261 e. The maximum atomic E-state index is 12.1. The van der Waals surface area contributed by atoms with Crippen LogP contribution in [-0.2, 0) is 10.0 Å². The first kappa shape index (κ1) is 14.0.